The predicted molar refractivity (Wildman–Crippen MR) is 102 cm³/mol. The van der Waals surface area contributed by atoms with Crippen LogP contribution in [0.15, 0.2) is 52.6 Å². The highest BCUT2D eigenvalue weighted by Gasteiger charge is 2.35. The molecular weight excluding hydrogens is 346 g/mol. The molecule has 1 aromatic carbocycles. The van der Waals surface area contributed by atoms with Gasteiger partial charge in [0.15, 0.2) is 0 Å². The van der Waals surface area contributed by atoms with Gasteiger partial charge in [-0.1, -0.05) is 19.1 Å². The molecule has 3 heterocycles. The number of aromatic nitrogens is 1. The molecule has 1 atom stereocenters. The first-order valence-corrected chi connectivity index (χ1v) is 9.16. The molecule has 4 rings (SSSR count). The van der Waals surface area contributed by atoms with Crippen LogP contribution < -0.4 is 16.0 Å². The van der Waals surface area contributed by atoms with E-state index in [1.807, 2.05) is 36.4 Å². The molecule has 1 aliphatic rings. The Morgan fingerprint density at radius 1 is 1.31 bits per heavy atom. The zero-order chi connectivity index (χ0) is 18.4. The largest absolute Gasteiger partial charge is 0.439 e. The van der Waals surface area contributed by atoms with Crippen LogP contribution in [0.5, 0.6) is 5.75 Å². The van der Waals surface area contributed by atoms with Crippen LogP contribution in [0.2, 0.25) is 0 Å². The van der Waals surface area contributed by atoms with Crippen molar-refractivity contribution >= 4 is 22.2 Å². The van der Waals surface area contributed by atoms with Gasteiger partial charge in [0.2, 0.25) is 5.88 Å². The highest BCUT2D eigenvalue weighted by molar-refractivity contribution is 7.12. The van der Waals surface area contributed by atoms with Crippen LogP contribution in [0.4, 0.5) is 0 Å². The minimum absolute atomic E-state index is 0.0647. The van der Waals surface area contributed by atoms with E-state index in [0.29, 0.717) is 11.3 Å². The van der Waals surface area contributed by atoms with Crippen molar-refractivity contribution in [2.45, 2.75) is 19.3 Å². The Morgan fingerprint density at radius 2 is 2.08 bits per heavy atom. The van der Waals surface area contributed by atoms with Gasteiger partial charge >= 0.3 is 0 Å². The maximum Gasteiger partial charge on any atom is 0.258 e. The Bertz CT molecular complexity index is 1160. The molecule has 2 N–H and O–H groups in total. The fourth-order valence-electron chi connectivity index (χ4n) is 3.45. The van der Waals surface area contributed by atoms with Gasteiger partial charge in [-0.2, -0.15) is 5.26 Å². The van der Waals surface area contributed by atoms with Crippen molar-refractivity contribution in [3.63, 3.8) is 0 Å². The summed E-state index contributed by atoms with van der Waals surface area (Å²) < 4.78 is 7.40. The second-order valence-corrected chi connectivity index (χ2v) is 7.41. The van der Waals surface area contributed by atoms with Gasteiger partial charge < -0.3 is 15.0 Å². The van der Waals surface area contributed by atoms with Crippen LogP contribution in [-0.2, 0) is 13.5 Å². The number of ether oxygens (including phenoxy) is 1. The number of nitriles is 1. The number of hydrogen-bond acceptors (Lipinski definition) is 5. The lowest BCUT2D eigenvalue weighted by atomic mass is 9.87. The minimum Gasteiger partial charge on any atom is -0.439 e. The number of nitrogens with zero attached hydrogens (tertiary/aromatic N) is 2. The highest BCUT2D eigenvalue weighted by atomic mass is 32.1. The topological polar surface area (TPSA) is 81.0 Å². The number of benzene rings is 1. The van der Waals surface area contributed by atoms with Crippen LogP contribution in [0.3, 0.4) is 0 Å². The van der Waals surface area contributed by atoms with Crippen molar-refractivity contribution in [2.24, 2.45) is 12.8 Å². The van der Waals surface area contributed by atoms with Crippen LogP contribution in [0, 0.1) is 11.3 Å². The standard InChI is InChI=1S/C20H17N3O2S/c1-3-11-8-9-15(26-11)16-13(10-21)19(22)25-18-12-6-4-5-7-14(12)23(2)20(24)17(16)18/h4-9,16H,3,22H2,1-2H3/t16-/m0/s1. The maximum atomic E-state index is 13.2. The number of pyridine rings is 1. The molecule has 2 aromatic heterocycles. The number of rotatable bonds is 2. The molecule has 0 saturated heterocycles. The van der Waals surface area contributed by atoms with Crippen molar-refractivity contribution in [2.75, 3.05) is 0 Å². The van der Waals surface area contributed by atoms with Gasteiger partial charge in [0.25, 0.3) is 5.56 Å². The number of thiophene rings is 1. The lowest BCUT2D eigenvalue weighted by Crippen LogP contribution is -2.30. The monoisotopic (exact) mass is 363 g/mol. The average Bonchev–Trinajstić information content (AvgIpc) is 3.14. The van der Waals surface area contributed by atoms with E-state index in [0.717, 1.165) is 22.2 Å². The second kappa shape index (κ2) is 6.04. The van der Waals surface area contributed by atoms with Gasteiger partial charge in [-0.3, -0.25) is 4.79 Å². The Kier molecular flexibility index (Phi) is 3.82. The molecule has 6 heteroatoms. The molecule has 3 aromatic rings. The second-order valence-electron chi connectivity index (χ2n) is 6.21. The Hall–Kier alpha value is -3.04. The van der Waals surface area contributed by atoms with Gasteiger partial charge in [-0.05, 0) is 30.7 Å². The molecule has 0 unspecified atom stereocenters. The zero-order valence-electron chi connectivity index (χ0n) is 14.4. The van der Waals surface area contributed by atoms with Crippen LogP contribution in [-0.4, -0.2) is 4.57 Å². The first-order chi connectivity index (χ1) is 12.6. The van der Waals surface area contributed by atoms with E-state index in [2.05, 4.69) is 13.0 Å². The van der Waals surface area contributed by atoms with E-state index >= 15 is 0 Å². The summed E-state index contributed by atoms with van der Waals surface area (Å²) in [6.07, 6.45) is 0.900. The molecule has 0 radical (unpaired) electrons. The molecule has 0 amide bonds. The van der Waals surface area contributed by atoms with Gasteiger partial charge in [0, 0.05) is 22.2 Å². The molecule has 5 nitrogen and oxygen atoms in total. The quantitative estimate of drug-likeness (QED) is 0.757. The summed E-state index contributed by atoms with van der Waals surface area (Å²) in [5.74, 6) is 0.0175. The number of fused-ring (bicyclic) bond motifs is 3. The normalized spacial score (nSPS) is 16.3. The number of hydrogen-bond donors (Lipinski definition) is 1. The number of allylic oxidation sites excluding steroid dienone is 1. The van der Waals surface area contributed by atoms with Crippen molar-refractivity contribution in [1.29, 1.82) is 5.26 Å². The molecule has 26 heavy (non-hydrogen) atoms. The van der Waals surface area contributed by atoms with Crippen molar-refractivity contribution in [3.8, 4) is 11.8 Å². The summed E-state index contributed by atoms with van der Waals surface area (Å²) in [4.78, 5) is 15.3. The highest BCUT2D eigenvalue weighted by Crippen LogP contribution is 2.45. The van der Waals surface area contributed by atoms with Crippen LogP contribution in [0.1, 0.15) is 28.2 Å². The molecule has 130 valence electrons. The van der Waals surface area contributed by atoms with Crippen LogP contribution in [0.25, 0.3) is 10.9 Å². The van der Waals surface area contributed by atoms with Crippen molar-refractivity contribution in [1.82, 2.24) is 4.57 Å². The minimum atomic E-state index is -0.502. The number of aryl methyl sites for hydroxylation is 2. The molecule has 1 aliphatic heterocycles. The number of para-hydroxylation sites is 1. The predicted octanol–water partition coefficient (Wildman–Crippen LogP) is 3.38. The lowest BCUT2D eigenvalue weighted by molar-refractivity contribution is 0.396. The molecular formula is C20H17N3O2S. The van der Waals surface area contributed by atoms with Gasteiger partial charge in [-0.15, -0.1) is 11.3 Å². The molecule has 0 fully saturated rings. The SMILES string of the molecule is CCc1ccc([C@@H]2C(C#N)=C(N)Oc3c2c(=O)n(C)c2ccccc32)s1. The van der Waals surface area contributed by atoms with E-state index in [1.165, 1.54) is 4.88 Å². The summed E-state index contributed by atoms with van der Waals surface area (Å²) in [6.45, 7) is 2.08. The van der Waals surface area contributed by atoms with E-state index in [-0.39, 0.29) is 17.0 Å². The Labute approximate surface area is 154 Å². The molecule has 0 aliphatic carbocycles. The van der Waals surface area contributed by atoms with Crippen molar-refractivity contribution in [3.05, 3.63) is 73.5 Å². The Balaban J connectivity index is 2.10. The summed E-state index contributed by atoms with van der Waals surface area (Å²) in [5, 5.41) is 10.5. The summed E-state index contributed by atoms with van der Waals surface area (Å²) in [5.41, 5.74) is 7.44. The number of nitrogens with two attached hydrogens (primary N) is 1. The van der Waals surface area contributed by atoms with Gasteiger partial charge in [0.1, 0.15) is 17.4 Å². The van der Waals surface area contributed by atoms with Gasteiger partial charge in [-0.25, -0.2) is 0 Å². The van der Waals surface area contributed by atoms with E-state index in [9.17, 15) is 10.1 Å². The lowest BCUT2D eigenvalue weighted by Gasteiger charge is -2.26. The summed E-state index contributed by atoms with van der Waals surface area (Å²) in [6, 6.07) is 13.7. The molecule has 0 spiro atoms. The fourth-order valence-corrected chi connectivity index (χ4v) is 4.52. The van der Waals surface area contributed by atoms with E-state index in [4.69, 9.17) is 10.5 Å². The van der Waals surface area contributed by atoms with E-state index in [1.54, 1.807) is 23.0 Å². The third kappa shape index (κ3) is 2.25. The van der Waals surface area contributed by atoms with Crippen molar-refractivity contribution < 1.29 is 4.74 Å². The third-order valence-corrected chi connectivity index (χ3v) is 6.07. The summed E-state index contributed by atoms with van der Waals surface area (Å²) in [7, 11) is 1.74. The first-order valence-electron chi connectivity index (χ1n) is 8.34. The molecule has 0 bridgehead atoms. The molecule has 0 saturated carbocycles. The van der Waals surface area contributed by atoms with E-state index < -0.39 is 5.92 Å². The summed E-state index contributed by atoms with van der Waals surface area (Å²) >= 11 is 1.60. The fraction of sp³-hybridized carbons (Fsp3) is 0.200. The Morgan fingerprint density at radius 3 is 2.77 bits per heavy atom. The smallest absolute Gasteiger partial charge is 0.258 e. The van der Waals surface area contributed by atoms with Crippen LogP contribution >= 0.6 is 11.3 Å². The average molecular weight is 363 g/mol. The third-order valence-electron chi connectivity index (χ3n) is 4.78. The first kappa shape index (κ1) is 16.4. The maximum absolute atomic E-state index is 13.2. The van der Waals surface area contributed by atoms with Gasteiger partial charge in [0.05, 0.1) is 17.0 Å². The zero-order valence-corrected chi connectivity index (χ0v) is 15.3.